The molecule has 1 rings (SSSR count). The van der Waals surface area contributed by atoms with E-state index in [0.29, 0.717) is 0 Å². The third kappa shape index (κ3) is 4.18. The molecule has 4 nitrogen and oxygen atoms in total. The maximum Gasteiger partial charge on any atom is 0.129 e. The molecule has 0 aliphatic heterocycles. The highest BCUT2D eigenvalue weighted by Crippen LogP contribution is 2.00. The largest absolute Gasteiger partial charge is 0.370 e. The second-order valence-corrected chi connectivity index (χ2v) is 3.12. The first-order valence-corrected chi connectivity index (χ1v) is 5.07. The number of nitrogens with zero attached hydrogens (tertiary/aromatic N) is 2. The van der Waals surface area contributed by atoms with Gasteiger partial charge in [0.15, 0.2) is 0 Å². The van der Waals surface area contributed by atoms with Crippen LogP contribution in [0.3, 0.4) is 0 Å². The predicted octanol–water partition coefficient (Wildman–Crippen LogP) is 1.20. The van der Waals surface area contributed by atoms with Gasteiger partial charge in [-0.15, -0.1) is 0 Å². The van der Waals surface area contributed by atoms with Crippen molar-refractivity contribution in [1.82, 2.24) is 15.3 Å². The van der Waals surface area contributed by atoms with E-state index in [-0.39, 0.29) is 0 Å². The molecule has 0 atom stereocenters. The van der Waals surface area contributed by atoms with Crippen LogP contribution in [0.25, 0.3) is 0 Å². The smallest absolute Gasteiger partial charge is 0.129 e. The van der Waals surface area contributed by atoms with Crippen LogP contribution >= 0.6 is 0 Å². The zero-order chi connectivity index (χ0) is 10.2. The van der Waals surface area contributed by atoms with Crippen molar-refractivity contribution in [1.29, 1.82) is 0 Å². The summed E-state index contributed by atoms with van der Waals surface area (Å²) < 4.78 is 0. The number of aryl methyl sites for hydroxylation is 1. The Balaban J connectivity index is 2.18. The fraction of sp³-hybridized carbons (Fsp3) is 0.600. The Morgan fingerprint density at radius 3 is 2.93 bits per heavy atom. The van der Waals surface area contributed by atoms with Crippen molar-refractivity contribution in [3.63, 3.8) is 0 Å². The summed E-state index contributed by atoms with van der Waals surface area (Å²) in [4.78, 5) is 8.28. The number of hydrogen-bond acceptors (Lipinski definition) is 4. The summed E-state index contributed by atoms with van der Waals surface area (Å²) in [5.74, 6) is 1.72. The Bertz CT molecular complexity index is 262. The van der Waals surface area contributed by atoms with E-state index >= 15 is 0 Å². The fourth-order valence-corrected chi connectivity index (χ4v) is 1.16. The van der Waals surface area contributed by atoms with Crippen molar-refractivity contribution in [2.75, 3.05) is 25.0 Å². The van der Waals surface area contributed by atoms with E-state index in [1.54, 1.807) is 6.20 Å². The molecule has 4 heteroatoms. The van der Waals surface area contributed by atoms with E-state index in [0.717, 1.165) is 37.7 Å². The topological polar surface area (TPSA) is 49.8 Å². The lowest BCUT2D eigenvalue weighted by Gasteiger charge is -2.05. The van der Waals surface area contributed by atoms with Crippen LogP contribution in [0, 0.1) is 6.92 Å². The standard InChI is InChI=1S/C10H18N4/c1-3-11-6-4-7-13-10-5-8-12-9(2)14-10/h5,8,11H,3-4,6-7H2,1-2H3,(H,12,13,14). The highest BCUT2D eigenvalue weighted by molar-refractivity contribution is 5.32. The van der Waals surface area contributed by atoms with Gasteiger partial charge >= 0.3 is 0 Å². The van der Waals surface area contributed by atoms with Gasteiger partial charge in [0.05, 0.1) is 0 Å². The van der Waals surface area contributed by atoms with Gasteiger partial charge in [0, 0.05) is 12.7 Å². The van der Waals surface area contributed by atoms with Crippen molar-refractivity contribution in [2.45, 2.75) is 20.3 Å². The maximum absolute atomic E-state index is 4.25. The van der Waals surface area contributed by atoms with Gasteiger partial charge in [-0.2, -0.15) is 0 Å². The summed E-state index contributed by atoms with van der Waals surface area (Å²) in [6.45, 7) is 7.04. The minimum atomic E-state index is 0.807. The summed E-state index contributed by atoms with van der Waals surface area (Å²) in [6.07, 6.45) is 2.88. The number of anilines is 1. The number of aromatic nitrogens is 2. The van der Waals surface area contributed by atoms with Crippen LogP contribution < -0.4 is 10.6 Å². The van der Waals surface area contributed by atoms with E-state index in [4.69, 9.17) is 0 Å². The third-order valence-electron chi connectivity index (χ3n) is 1.86. The Hall–Kier alpha value is -1.16. The second-order valence-electron chi connectivity index (χ2n) is 3.12. The Labute approximate surface area is 85.2 Å². The van der Waals surface area contributed by atoms with E-state index in [1.807, 2.05) is 13.0 Å². The van der Waals surface area contributed by atoms with Gasteiger partial charge in [-0.25, -0.2) is 9.97 Å². The average molecular weight is 194 g/mol. The molecule has 0 aromatic carbocycles. The molecule has 1 heterocycles. The molecule has 0 bridgehead atoms. The lowest BCUT2D eigenvalue weighted by molar-refractivity contribution is 0.688. The van der Waals surface area contributed by atoms with Crippen molar-refractivity contribution >= 4 is 5.82 Å². The first-order valence-electron chi connectivity index (χ1n) is 5.07. The fourth-order valence-electron chi connectivity index (χ4n) is 1.16. The van der Waals surface area contributed by atoms with Crippen LogP contribution in [0.4, 0.5) is 5.82 Å². The summed E-state index contributed by atoms with van der Waals surface area (Å²) >= 11 is 0. The van der Waals surface area contributed by atoms with Crippen molar-refractivity contribution in [3.8, 4) is 0 Å². The molecule has 0 saturated heterocycles. The average Bonchev–Trinajstić information content (AvgIpc) is 2.18. The summed E-state index contributed by atoms with van der Waals surface area (Å²) in [5.41, 5.74) is 0. The zero-order valence-corrected chi connectivity index (χ0v) is 8.88. The van der Waals surface area contributed by atoms with Gasteiger partial charge < -0.3 is 10.6 Å². The highest BCUT2D eigenvalue weighted by Gasteiger charge is 1.93. The van der Waals surface area contributed by atoms with E-state index < -0.39 is 0 Å². The van der Waals surface area contributed by atoms with Crippen LogP contribution in [0.2, 0.25) is 0 Å². The predicted molar refractivity (Wildman–Crippen MR) is 58.4 cm³/mol. The third-order valence-corrected chi connectivity index (χ3v) is 1.86. The minimum absolute atomic E-state index is 0.807. The molecule has 14 heavy (non-hydrogen) atoms. The number of nitrogens with one attached hydrogen (secondary N) is 2. The lowest BCUT2D eigenvalue weighted by atomic mass is 10.4. The molecule has 0 saturated carbocycles. The van der Waals surface area contributed by atoms with Gasteiger partial charge in [0.25, 0.3) is 0 Å². The monoisotopic (exact) mass is 194 g/mol. The molecule has 0 aliphatic carbocycles. The normalized spacial score (nSPS) is 10.1. The Morgan fingerprint density at radius 1 is 1.36 bits per heavy atom. The van der Waals surface area contributed by atoms with Crippen molar-refractivity contribution in [3.05, 3.63) is 18.1 Å². The Morgan fingerprint density at radius 2 is 2.21 bits per heavy atom. The molecule has 78 valence electrons. The minimum Gasteiger partial charge on any atom is -0.370 e. The van der Waals surface area contributed by atoms with Gasteiger partial charge in [-0.3, -0.25) is 0 Å². The Kier molecular flexibility index (Phi) is 4.93. The quantitative estimate of drug-likeness (QED) is 0.668. The van der Waals surface area contributed by atoms with Crippen LogP contribution in [0.5, 0.6) is 0 Å². The van der Waals surface area contributed by atoms with Crippen molar-refractivity contribution in [2.24, 2.45) is 0 Å². The molecule has 0 unspecified atom stereocenters. The number of hydrogen-bond donors (Lipinski definition) is 2. The number of rotatable bonds is 6. The maximum atomic E-state index is 4.25. The van der Waals surface area contributed by atoms with Crippen LogP contribution in [-0.4, -0.2) is 29.6 Å². The zero-order valence-electron chi connectivity index (χ0n) is 8.88. The molecule has 0 spiro atoms. The second kappa shape index (κ2) is 6.32. The molecule has 1 aromatic rings. The SMILES string of the molecule is CCNCCCNc1ccnc(C)n1. The molecule has 0 fully saturated rings. The molecule has 2 N–H and O–H groups in total. The van der Waals surface area contributed by atoms with Gasteiger partial charge in [-0.1, -0.05) is 6.92 Å². The summed E-state index contributed by atoms with van der Waals surface area (Å²) in [5, 5.41) is 6.53. The molecular weight excluding hydrogens is 176 g/mol. The molecular formula is C10H18N4. The highest BCUT2D eigenvalue weighted by atomic mass is 15.0. The molecule has 0 aliphatic rings. The molecule has 0 radical (unpaired) electrons. The van der Waals surface area contributed by atoms with Gasteiger partial charge in [0.2, 0.25) is 0 Å². The van der Waals surface area contributed by atoms with E-state index in [2.05, 4.69) is 27.5 Å². The van der Waals surface area contributed by atoms with Crippen LogP contribution in [0.1, 0.15) is 19.2 Å². The van der Waals surface area contributed by atoms with E-state index in [1.165, 1.54) is 0 Å². The van der Waals surface area contributed by atoms with E-state index in [9.17, 15) is 0 Å². The molecule has 1 aromatic heterocycles. The lowest BCUT2D eigenvalue weighted by Crippen LogP contribution is -2.17. The first kappa shape index (κ1) is 10.9. The van der Waals surface area contributed by atoms with Crippen molar-refractivity contribution < 1.29 is 0 Å². The van der Waals surface area contributed by atoms with Gasteiger partial charge in [-0.05, 0) is 32.5 Å². The summed E-state index contributed by atoms with van der Waals surface area (Å²) in [7, 11) is 0. The summed E-state index contributed by atoms with van der Waals surface area (Å²) in [6, 6.07) is 1.89. The van der Waals surface area contributed by atoms with Crippen LogP contribution in [0.15, 0.2) is 12.3 Å². The van der Waals surface area contributed by atoms with Gasteiger partial charge in [0.1, 0.15) is 11.6 Å². The van der Waals surface area contributed by atoms with Crippen LogP contribution in [-0.2, 0) is 0 Å². The molecule has 0 amide bonds. The first-order chi connectivity index (χ1) is 6.83.